The van der Waals surface area contributed by atoms with Crippen molar-refractivity contribution in [3.05, 3.63) is 58.0 Å². The number of fused-ring (bicyclic) bond motifs is 1. The Labute approximate surface area is 185 Å². The summed E-state index contributed by atoms with van der Waals surface area (Å²) < 4.78 is 0. The fraction of sp³-hybridized carbons (Fsp3) is 0.238. The fourth-order valence-corrected chi connectivity index (χ4v) is 3.34. The molecule has 1 aromatic heterocycles. The van der Waals surface area contributed by atoms with Crippen molar-refractivity contribution < 1.29 is 9.59 Å². The fourth-order valence-electron chi connectivity index (χ4n) is 3.19. The van der Waals surface area contributed by atoms with Gasteiger partial charge in [0, 0.05) is 40.0 Å². The maximum absolute atomic E-state index is 12.7. The van der Waals surface area contributed by atoms with Crippen molar-refractivity contribution in [2.24, 2.45) is 10.7 Å². The van der Waals surface area contributed by atoms with Crippen LogP contribution in [0.2, 0.25) is 5.02 Å². The van der Waals surface area contributed by atoms with Crippen LogP contribution in [-0.2, 0) is 11.2 Å². The molecule has 1 aromatic carbocycles. The highest BCUT2D eigenvalue weighted by atomic mass is 35.5. The number of carbonyl (C=O) groups excluding carboxylic acids is 2. The third-order valence-electron chi connectivity index (χ3n) is 4.84. The minimum absolute atomic E-state index is 0.0369. The summed E-state index contributed by atoms with van der Waals surface area (Å²) in [7, 11) is 4.83. The highest BCUT2D eigenvalue weighted by molar-refractivity contribution is 6.33. The molecule has 0 aliphatic carbocycles. The van der Waals surface area contributed by atoms with Crippen LogP contribution in [0.3, 0.4) is 0 Å². The number of hydrogen-bond acceptors (Lipinski definition) is 7. The van der Waals surface area contributed by atoms with E-state index in [0.717, 1.165) is 12.0 Å². The number of nitrogens with one attached hydrogen (secondary N) is 3. The molecule has 1 aliphatic heterocycles. The number of benzene rings is 1. The molecule has 0 atom stereocenters. The van der Waals surface area contributed by atoms with Crippen molar-refractivity contribution >= 4 is 46.8 Å². The lowest BCUT2D eigenvalue weighted by Crippen LogP contribution is -2.34. The Bertz CT molecular complexity index is 1080. The van der Waals surface area contributed by atoms with Gasteiger partial charge in [-0.1, -0.05) is 23.7 Å². The zero-order valence-corrected chi connectivity index (χ0v) is 18.2. The van der Waals surface area contributed by atoms with Gasteiger partial charge in [0.2, 0.25) is 0 Å². The number of nitrogens with two attached hydrogens (primary N) is 1. The van der Waals surface area contributed by atoms with Crippen LogP contribution in [-0.4, -0.2) is 55.6 Å². The number of pyridine rings is 1. The number of aliphatic imine (C=N–C) groups is 1. The Kier molecular flexibility index (Phi) is 6.76. The van der Waals surface area contributed by atoms with Crippen LogP contribution in [0.1, 0.15) is 15.9 Å². The normalized spacial score (nSPS) is 14.2. The van der Waals surface area contributed by atoms with Crippen LogP contribution < -0.4 is 21.7 Å². The van der Waals surface area contributed by atoms with Crippen LogP contribution >= 0.6 is 11.6 Å². The lowest BCUT2D eigenvalue weighted by atomic mass is 9.97. The molecule has 0 bridgehead atoms. The first-order chi connectivity index (χ1) is 14.8. The van der Waals surface area contributed by atoms with Crippen molar-refractivity contribution in [3.8, 4) is 0 Å². The number of aromatic nitrogens is 1. The third-order valence-corrected chi connectivity index (χ3v) is 5.14. The highest BCUT2D eigenvalue weighted by Crippen LogP contribution is 2.32. The summed E-state index contributed by atoms with van der Waals surface area (Å²) in [6, 6.07) is 7.35. The number of hydrogen-bond donors (Lipinski definition) is 4. The molecule has 2 amide bonds. The van der Waals surface area contributed by atoms with Crippen LogP contribution in [0, 0.1) is 0 Å². The van der Waals surface area contributed by atoms with E-state index in [9.17, 15) is 9.59 Å². The summed E-state index contributed by atoms with van der Waals surface area (Å²) in [5.74, 6) is -0.106. The van der Waals surface area contributed by atoms with Crippen molar-refractivity contribution in [3.63, 3.8) is 0 Å². The quantitative estimate of drug-likeness (QED) is 0.402. The average molecular weight is 442 g/mol. The molecule has 162 valence electrons. The molecule has 0 saturated carbocycles. The average Bonchev–Trinajstić information content (AvgIpc) is 2.77. The number of nitrogens with zero attached hydrogens (tertiary/aromatic N) is 3. The topological polar surface area (TPSA) is 125 Å². The molecule has 2 aromatic rings. The summed E-state index contributed by atoms with van der Waals surface area (Å²) in [6.07, 6.45) is 3.68. The number of rotatable bonds is 6. The lowest BCUT2D eigenvalue weighted by molar-refractivity contribution is -0.117. The molecule has 31 heavy (non-hydrogen) atoms. The maximum Gasteiger partial charge on any atom is 0.269 e. The Morgan fingerprint density at radius 2 is 2.13 bits per heavy atom. The van der Waals surface area contributed by atoms with Crippen LogP contribution in [0.25, 0.3) is 0 Å². The molecular formula is C21H24ClN7O2. The summed E-state index contributed by atoms with van der Waals surface area (Å²) in [5.41, 5.74) is 8.97. The van der Waals surface area contributed by atoms with E-state index < -0.39 is 5.91 Å². The zero-order chi connectivity index (χ0) is 22.5. The van der Waals surface area contributed by atoms with Crippen molar-refractivity contribution in [2.75, 3.05) is 38.3 Å². The first kappa shape index (κ1) is 22.1. The highest BCUT2D eigenvalue weighted by Gasteiger charge is 2.24. The second-order valence-corrected chi connectivity index (χ2v) is 7.32. The summed E-state index contributed by atoms with van der Waals surface area (Å²) in [6.45, 7) is 0.681. The summed E-state index contributed by atoms with van der Waals surface area (Å²) in [5, 5.41) is 9.06. The number of allylic oxidation sites excluding steroid dienone is 1. The molecule has 0 spiro atoms. The van der Waals surface area contributed by atoms with E-state index in [2.05, 4.69) is 25.9 Å². The molecule has 0 saturated heterocycles. The Balaban J connectivity index is 1.95. The second-order valence-electron chi connectivity index (χ2n) is 6.91. The van der Waals surface area contributed by atoms with E-state index in [1.54, 1.807) is 25.1 Å². The largest absolute Gasteiger partial charge is 0.393 e. The van der Waals surface area contributed by atoms with E-state index >= 15 is 0 Å². The predicted molar refractivity (Wildman–Crippen MR) is 123 cm³/mol. The van der Waals surface area contributed by atoms with Crippen molar-refractivity contribution in [1.82, 2.24) is 15.2 Å². The van der Waals surface area contributed by atoms with E-state index in [0.29, 0.717) is 34.3 Å². The predicted octanol–water partition coefficient (Wildman–Crippen LogP) is 2.14. The molecule has 5 N–H and O–H groups in total. The Morgan fingerprint density at radius 3 is 2.84 bits per heavy atom. The van der Waals surface area contributed by atoms with Gasteiger partial charge in [0.15, 0.2) is 0 Å². The third kappa shape index (κ3) is 4.77. The van der Waals surface area contributed by atoms with E-state index in [1.807, 2.05) is 18.2 Å². The number of anilines is 3. The molecule has 1 aliphatic rings. The van der Waals surface area contributed by atoms with Gasteiger partial charge in [-0.15, -0.1) is 0 Å². The van der Waals surface area contributed by atoms with Gasteiger partial charge in [-0.2, -0.15) is 0 Å². The molecule has 3 rings (SSSR count). The van der Waals surface area contributed by atoms with Gasteiger partial charge in [0.25, 0.3) is 11.8 Å². The Hall–Kier alpha value is -3.59. The van der Waals surface area contributed by atoms with Gasteiger partial charge in [0.1, 0.15) is 11.5 Å². The van der Waals surface area contributed by atoms with Gasteiger partial charge in [0.05, 0.1) is 33.9 Å². The van der Waals surface area contributed by atoms with E-state index in [-0.39, 0.29) is 17.3 Å². The lowest BCUT2D eigenvalue weighted by Gasteiger charge is -2.27. The van der Waals surface area contributed by atoms with Gasteiger partial charge in [-0.3, -0.25) is 14.6 Å². The minimum atomic E-state index is -0.451. The second kappa shape index (κ2) is 9.48. The number of halogens is 1. The summed E-state index contributed by atoms with van der Waals surface area (Å²) >= 11 is 6.35. The summed E-state index contributed by atoms with van der Waals surface area (Å²) in [4.78, 5) is 34.5. The van der Waals surface area contributed by atoms with E-state index in [1.165, 1.54) is 19.5 Å². The van der Waals surface area contributed by atoms with Crippen molar-refractivity contribution in [2.45, 2.75) is 6.42 Å². The number of likely N-dealkylation sites (N-methyl/N-ethyl adjacent to an activating group) is 2. The van der Waals surface area contributed by atoms with Crippen molar-refractivity contribution in [1.29, 1.82) is 0 Å². The van der Waals surface area contributed by atoms with Gasteiger partial charge >= 0.3 is 0 Å². The van der Waals surface area contributed by atoms with Crippen LogP contribution in [0.15, 0.2) is 46.8 Å². The minimum Gasteiger partial charge on any atom is -0.393 e. The standard InChI is InChI=1S/C21H24ClN7O2/c1-24-11-16(19(23)20(30)25-2)28-17-9-15(13(22)10-26-17)27-14-6-4-5-12-7-8-29(3)21(31)18(12)14/h4-6,9-11H,7-8,23H2,1-3H3,(H,25,30)(H2,26,27,28). The first-order valence-corrected chi connectivity index (χ1v) is 9.94. The Morgan fingerprint density at radius 1 is 1.35 bits per heavy atom. The monoisotopic (exact) mass is 441 g/mol. The maximum atomic E-state index is 12.7. The molecule has 0 fully saturated rings. The van der Waals surface area contributed by atoms with Crippen LogP contribution in [0.5, 0.6) is 0 Å². The SMILES string of the molecule is CN=CC(Nc1cc(Nc2cccc3c2C(=O)N(C)CC3)c(Cl)cn1)=C(N)C(=O)NC. The molecule has 0 unspecified atom stereocenters. The van der Waals surface area contributed by atoms with Gasteiger partial charge in [-0.25, -0.2) is 4.98 Å². The molecule has 0 radical (unpaired) electrons. The van der Waals surface area contributed by atoms with Crippen LogP contribution in [0.4, 0.5) is 17.2 Å². The first-order valence-electron chi connectivity index (χ1n) is 9.56. The smallest absolute Gasteiger partial charge is 0.269 e. The molecule has 9 nitrogen and oxygen atoms in total. The van der Waals surface area contributed by atoms with E-state index in [4.69, 9.17) is 17.3 Å². The zero-order valence-electron chi connectivity index (χ0n) is 17.5. The molecule has 10 heteroatoms. The number of amides is 2. The molecule has 2 heterocycles. The number of carbonyl (C=O) groups is 2. The van der Waals surface area contributed by atoms with Gasteiger partial charge in [-0.05, 0) is 18.1 Å². The van der Waals surface area contributed by atoms with Gasteiger partial charge < -0.3 is 26.6 Å². The molecular weight excluding hydrogens is 418 g/mol.